The number of hydrogen-bond donors (Lipinski definition) is 1. The summed E-state index contributed by atoms with van der Waals surface area (Å²) in [5.74, 6) is 1.40. The Morgan fingerprint density at radius 3 is 2.68 bits per heavy atom. The first-order valence-corrected chi connectivity index (χ1v) is 7.62. The van der Waals surface area contributed by atoms with Crippen LogP contribution in [-0.2, 0) is 4.74 Å². The van der Waals surface area contributed by atoms with Crippen molar-refractivity contribution in [2.24, 2.45) is 5.92 Å². The van der Waals surface area contributed by atoms with Gasteiger partial charge in [0.15, 0.2) is 0 Å². The van der Waals surface area contributed by atoms with Crippen LogP contribution in [0.25, 0.3) is 0 Å². The molecule has 0 aliphatic carbocycles. The molecule has 0 bridgehead atoms. The predicted molar refractivity (Wildman–Crippen MR) is 81.0 cm³/mol. The Labute approximate surface area is 127 Å². The largest absolute Gasteiger partial charge is 0.495 e. The van der Waals surface area contributed by atoms with Crippen LogP contribution >= 0.6 is 27.5 Å². The molecule has 1 fully saturated rings. The van der Waals surface area contributed by atoms with Gasteiger partial charge in [0.25, 0.3) is 0 Å². The van der Waals surface area contributed by atoms with Crippen molar-refractivity contribution in [2.45, 2.75) is 18.9 Å². The van der Waals surface area contributed by atoms with Gasteiger partial charge in [-0.15, -0.1) is 0 Å². The van der Waals surface area contributed by atoms with E-state index in [1.807, 2.05) is 19.2 Å². The number of rotatable bonds is 4. The highest BCUT2D eigenvalue weighted by molar-refractivity contribution is 9.10. The van der Waals surface area contributed by atoms with Gasteiger partial charge in [-0.2, -0.15) is 0 Å². The van der Waals surface area contributed by atoms with E-state index in [4.69, 9.17) is 21.1 Å². The molecule has 0 saturated carbocycles. The summed E-state index contributed by atoms with van der Waals surface area (Å²) in [4.78, 5) is 0. The van der Waals surface area contributed by atoms with Gasteiger partial charge in [0.2, 0.25) is 0 Å². The molecule has 1 heterocycles. The van der Waals surface area contributed by atoms with Crippen molar-refractivity contribution in [2.75, 3.05) is 27.4 Å². The van der Waals surface area contributed by atoms with E-state index in [-0.39, 0.29) is 6.04 Å². The first-order chi connectivity index (χ1) is 9.17. The first kappa shape index (κ1) is 15.1. The third kappa shape index (κ3) is 3.43. The predicted octanol–water partition coefficient (Wildman–Crippen LogP) is 3.80. The lowest BCUT2D eigenvalue weighted by atomic mass is 9.87. The molecule has 2 rings (SSSR count). The highest BCUT2D eigenvalue weighted by Crippen LogP contribution is 2.40. The van der Waals surface area contributed by atoms with Crippen LogP contribution in [0, 0.1) is 5.92 Å². The van der Waals surface area contributed by atoms with E-state index in [9.17, 15) is 0 Å². The van der Waals surface area contributed by atoms with Gasteiger partial charge in [-0.25, -0.2) is 0 Å². The van der Waals surface area contributed by atoms with Crippen molar-refractivity contribution in [1.82, 2.24) is 5.32 Å². The van der Waals surface area contributed by atoms with Crippen molar-refractivity contribution < 1.29 is 9.47 Å². The van der Waals surface area contributed by atoms with Gasteiger partial charge >= 0.3 is 0 Å². The maximum absolute atomic E-state index is 6.18. The fourth-order valence-corrected chi connectivity index (χ4v) is 3.72. The summed E-state index contributed by atoms with van der Waals surface area (Å²) in [6, 6.07) is 4.08. The van der Waals surface area contributed by atoms with Gasteiger partial charge in [-0.05, 0) is 53.9 Å². The van der Waals surface area contributed by atoms with Crippen LogP contribution in [0.5, 0.6) is 5.75 Å². The quantitative estimate of drug-likeness (QED) is 0.898. The summed E-state index contributed by atoms with van der Waals surface area (Å²) in [5, 5.41) is 4.12. The van der Waals surface area contributed by atoms with Crippen molar-refractivity contribution >= 4 is 27.5 Å². The fraction of sp³-hybridized carbons (Fsp3) is 0.571. The maximum Gasteiger partial charge on any atom is 0.137 e. The van der Waals surface area contributed by atoms with Crippen molar-refractivity contribution in [3.8, 4) is 5.75 Å². The molecule has 1 aromatic carbocycles. The molecular weight excluding hydrogens is 330 g/mol. The third-order valence-electron chi connectivity index (χ3n) is 3.62. The molecule has 5 heteroatoms. The minimum absolute atomic E-state index is 0.230. The summed E-state index contributed by atoms with van der Waals surface area (Å²) in [5.41, 5.74) is 1.11. The van der Waals surface area contributed by atoms with Crippen LogP contribution in [0.2, 0.25) is 5.02 Å². The standard InChI is InChI=1S/C14H19BrClNO2/c1-17-13(9-3-5-19-6-4-9)11-7-10(16)8-12(15)14(11)18-2/h7-9,13,17H,3-6H2,1-2H3. The molecule has 1 saturated heterocycles. The van der Waals surface area contributed by atoms with E-state index < -0.39 is 0 Å². The zero-order chi connectivity index (χ0) is 13.8. The molecule has 1 aromatic rings. The minimum atomic E-state index is 0.230. The number of methoxy groups -OCH3 is 1. The lowest BCUT2D eigenvalue weighted by Crippen LogP contribution is -2.30. The zero-order valence-corrected chi connectivity index (χ0v) is 13.6. The number of halogens is 2. The van der Waals surface area contributed by atoms with Crippen molar-refractivity contribution in [3.05, 3.63) is 27.2 Å². The molecule has 0 aromatic heterocycles. The topological polar surface area (TPSA) is 30.5 Å². The normalized spacial score (nSPS) is 18.3. The van der Waals surface area contributed by atoms with E-state index in [2.05, 4.69) is 21.2 Å². The number of nitrogens with one attached hydrogen (secondary N) is 1. The molecule has 1 atom stereocenters. The number of ether oxygens (including phenoxy) is 2. The average Bonchev–Trinajstić information content (AvgIpc) is 2.40. The van der Waals surface area contributed by atoms with Gasteiger partial charge in [0.05, 0.1) is 11.6 Å². The Morgan fingerprint density at radius 1 is 1.42 bits per heavy atom. The van der Waals surface area contributed by atoms with Gasteiger partial charge in [-0.3, -0.25) is 0 Å². The molecule has 106 valence electrons. The minimum Gasteiger partial charge on any atom is -0.495 e. The van der Waals surface area contributed by atoms with E-state index in [1.165, 1.54) is 0 Å². The molecule has 19 heavy (non-hydrogen) atoms. The summed E-state index contributed by atoms with van der Waals surface area (Å²) < 4.78 is 11.9. The van der Waals surface area contributed by atoms with Gasteiger partial charge < -0.3 is 14.8 Å². The zero-order valence-electron chi connectivity index (χ0n) is 11.2. The molecule has 1 unspecified atom stereocenters. The van der Waals surface area contributed by atoms with Crippen molar-refractivity contribution in [1.29, 1.82) is 0 Å². The van der Waals surface area contributed by atoms with Crippen LogP contribution in [0.15, 0.2) is 16.6 Å². The lowest BCUT2D eigenvalue weighted by Gasteiger charge is -2.31. The summed E-state index contributed by atoms with van der Waals surface area (Å²) in [6.07, 6.45) is 2.11. The highest BCUT2D eigenvalue weighted by Gasteiger charge is 2.27. The summed E-state index contributed by atoms with van der Waals surface area (Å²) in [6.45, 7) is 1.65. The van der Waals surface area contributed by atoms with Crippen LogP contribution in [-0.4, -0.2) is 27.4 Å². The number of hydrogen-bond acceptors (Lipinski definition) is 3. The van der Waals surface area contributed by atoms with E-state index in [1.54, 1.807) is 7.11 Å². The fourth-order valence-electron chi connectivity index (χ4n) is 2.72. The average molecular weight is 349 g/mol. The first-order valence-electron chi connectivity index (χ1n) is 6.45. The SMILES string of the molecule is CNC(c1cc(Cl)cc(Br)c1OC)C1CCOCC1. The van der Waals surface area contributed by atoms with E-state index >= 15 is 0 Å². The summed E-state index contributed by atoms with van der Waals surface area (Å²) >= 11 is 9.70. The lowest BCUT2D eigenvalue weighted by molar-refractivity contribution is 0.0543. The third-order valence-corrected chi connectivity index (χ3v) is 4.43. The Morgan fingerprint density at radius 2 is 2.11 bits per heavy atom. The van der Waals surface area contributed by atoms with Gasteiger partial charge in [-0.1, -0.05) is 11.6 Å². The smallest absolute Gasteiger partial charge is 0.137 e. The molecule has 0 spiro atoms. The molecule has 0 amide bonds. The molecule has 0 radical (unpaired) electrons. The van der Waals surface area contributed by atoms with Crippen LogP contribution < -0.4 is 10.1 Å². The van der Waals surface area contributed by atoms with Crippen LogP contribution in [0.1, 0.15) is 24.4 Å². The second-order valence-corrected chi connectivity index (χ2v) is 6.02. The Balaban J connectivity index is 2.36. The molecule has 1 aliphatic heterocycles. The highest BCUT2D eigenvalue weighted by atomic mass is 79.9. The van der Waals surface area contributed by atoms with Crippen LogP contribution in [0.4, 0.5) is 0 Å². The molecule has 1 N–H and O–H groups in total. The summed E-state index contributed by atoms with van der Waals surface area (Å²) in [7, 11) is 3.67. The second kappa shape index (κ2) is 6.93. The van der Waals surface area contributed by atoms with Crippen LogP contribution in [0.3, 0.4) is 0 Å². The van der Waals surface area contributed by atoms with E-state index in [0.29, 0.717) is 5.92 Å². The monoisotopic (exact) mass is 347 g/mol. The number of benzene rings is 1. The van der Waals surface area contributed by atoms with Gasteiger partial charge in [0, 0.05) is 29.8 Å². The van der Waals surface area contributed by atoms with Gasteiger partial charge in [0.1, 0.15) is 5.75 Å². The molecular formula is C14H19BrClNO2. The second-order valence-electron chi connectivity index (χ2n) is 4.73. The van der Waals surface area contributed by atoms with Crippen molar-refractivity contribution in [3.63, 3.8) is 0 Å². The molecule has 1 aliphatic rings. The maximum atomic E-state index is 6.18. The Kier molecular flexibility index (Phi) is 5.51. The Hall–Kier alpha value is -0.290. The Bertz CT molecular complexity index is 436. The molecule has 3 nitrogen and oxygen atoms in total. The van der Waals surface area contributed by atoms with E-state index in [0.717, 1.165) is 46.9 Å².